The molecule has 0 atom stereocenters. The van der Waals surface area contributed by atoms with Gasteiger partial charge in [-0.25, -0.2) is 8.42 Å². The van der Waals surface area contributed by atoms with Gasteiger partial charge in [-0.1, -0.05) is 0 Å². The fourth-order valence-electron chi connectivity index (χ4n) is 1.50. The van der Waals surface area contributed by atoms with Crippen LogP contribution < -0.4 is 0 Å². The molecule has 2 aromatic rings. The van der Waals surface area contributed by atoms with Crippen molar-refractivity contribution in [2.45, 2.75) is 11.1 Å². The second-order valence-electron chi connectivity index (χ2n) is 3.28. The number of rotatable bonds is 1. The average molecular weight is 272 g/mol. The van der Waals surface area contributed by atoms with Crippen LogP contribution in [0.3, 0.4) is 0 Å². The van der Waals surface area contributed by atoms with E-state index >= 15 is 0 Å². The number of nitrogens with zero attached hydrogens (tertiary/aromatic N) is 1. The molecule has 0 unspecified atom stereocenters. The van der Waals surface area contributed by atoms with E-state index in [2.05, 4.69) is 0 Å². The molecule has 0 aliphatic carbocycles. The summed E-state index contributed by atoms with van der Waals surface area (Å²) in [5.41, 5.74) is 1.11. The van der Waals surface area contributed by atoms with Crippen LogP contribution in [0.2, 0.25) is 0 Å². The van der Waals surface area contributed by atoms with E-state index < -0.39 is 9.05 Å². The molecule has 0 aliphatic rings. The van der Waals surface area contributed by atoms with Crippen molar-refractivity contribution in [1.82, 2.24) is 0 Å². The Labute approximate surface area is 101 Å². The van der Waals surface area contributed by atoms with E-state index in [9.17, 15) is 8.42 Å². The molecule has 1 heterocycles. The number of aryl methyl sites for hydroxylation is 1. The lowest BCUT2D eigenvalue weighted by atomic mass is 10.1. The van der Waals surface area contributed by atoms with Crippen LogP contribution in [0.25, 0.3) is 10.1 Å². The minimum absolute atomic E-state index is 0.152. The van der Waals surface area contributed by atoms with E-state index in [0.717, 1.165) is 21.4 Å². The number of nitriles is 1. The van der Waals surface area contributed by atoms with Crippen LogP contribution in [0, 0.1) is 18.3 Å². The van der Waals surface area contributed by atoms with Gasteiger partial charge >= 0.3 is 0 Å². The summed E-state index contributed by atoms with van der Waals surface area (Å²) >= 11 is 1.12. The smallest absolute Gasteiger partial charge is 0.206 e. The van der Waals surface area contributed by atoms with Gasteiger partial charge in [0.15, 0.2) is 0 Å². The molecule has 0 saturated heterocycles. The normalized spacial score (nSPS) is 11.6. The van der Waals surface area contributed by atoms with Crippen molar-refractivity contribution in [2.24, 2.45) is 0 Å². The molecular weight excluding hydrogens is 266 g/mol. The molecule has 16 heavy (non-hydrogen) atoms. The highest BCUT2D eigenvalue weighted by atomic mass is 35.7. The summed E-state index contributed by atoms with van der Waals surface area (Å²) in [5.74, 6) is 0. The van der Waals surface area contributed by atoms with Gasteiger partial charge in [0.25, 0.3) is 9.05 Å². The van der Waals surface area contributed by atoms with Crippen LogP contribution >= 0.6 is 22.0 Å². The fraction of sp³-hybridized carbons (Fsp3) is 0.100. The Kier molecular flexibility index (Phi) is 2.66. The van der Waals surface area contributed by atoms with Crippen LogP contribution in [0.5, 0.6) is 0 Å². The molecule has 1 aromatic heterocycles. The van der Waals surface area contributed by atoms with Crippen molar-refractivity contribution in [3.63, 3.8) is 0 Å². The first-order valence-corrected chi connectivity index (χ1v) is 7.44. The predicted octanol–water partition coefficient (Wildman–Crippen LogP) is 3.01. The van der Waals surface area contributed by atoms with Crippen LogP contribution in [-0.4, -0.2) is 8.42 Å². The molecule has 3 nitrogen and oxygen atoms in total. The maximum Gasteiger partial charge on any atom is 0.271 e. The quantitative estimate of drug-likeness (QED) is 0.749. The number of thiophene rings is 1. The second-order valence-corrected chi connectivity index (χ2v) is 7.09. The summed E-state index contributed by atoms with van der Waals surface area (Å²) in [6.45, 7) is 1.69. The Morgan fingerprint density at radius 2 is 2.12 bits per heavy atom. The lowest BCUT2D eigenvalue weighted by molar-refractivity contribution is 0.611. The van der Waals surface area contributed by atoms with Crippen molar-refractivity contribution < 1.29 is 8.42 Å². The van der Waals surface area contributed by atoms with Gasteiger partial charge in [0.1, 0.15) is 4.21 Å². The Balaban J connectivity index is 2.85. The van der Waals surface area contributed by atoms with E-state index in [0.29, 0.717) is 11.1 Å². The summed E-state index contributed by atoms with van der Waals surface area (Å²) in [5, 5.41) is 9.53. The molecule has 0 spiro atoms. The van der Waals surface area contributed by atoms with Crippen molar-refractivity contribution in [3.05, 3.63) is 29.3 Å². The number of benzene rings is 1. The summed E-state index contributed by atoms with van der Waals surface area (Å²) in [6.07, 6.45) is 0. The molecule has 0 radical (unpaired) electrons. The molecule has 0 aliphatic heterocycles. The maximum absolute atomic E-state index is 11.3. The standard InChI is InChI=1S/C10H6ClNO2S2/c1-6-8-4-7(5-12)2-3-9(8)15-10(6)16(11,13)14/h2-4H,1H3. The van der Waals surface area contributed by atoms with Gasteiger partial charge in [-0.15, -0.1) is 11.3 Å². The Hall–Kier alpha value is -1.09. The molecule has 0 N–H and O–H groups in total. The van der Waals surface area contributed by atoms with Crippen molar-refractivity contribution >= 4 is 41.2 Å². The van der Waals surface area contributed by atoms with E-state index in [-0.39, 0.29) is 4.21 Å². The SMILES string of the molecule is Cc1c(S(=O)(=O)Cl)sc2ccc(C#N)cc12. The average Bonchev–Trinajstić information content (AvgIpc) is 2.55. The maximum atomic E-state index is 11.3. The van der Waals surface area contributed by atoms with E-state index in [1.54, 1.807) is 25.1 Å². The minimum Gasteiger partial charge on any atom is -0.206 e. The van der Waals surface area contributed by atoms with Crippen LogP contribution in [-0.2, 0) is 9.05 Å². The van der Waals surface area contributed by atoms with Gasteiger partial charge < -0.3 is 0 Å². The van der Waals surface area contributed by atoms with Gasteiger partial charge in [-0.2, -0.15) is 5.26 Å². The van der Waals surface area contributed by atoms with Crippen LogP contribution in [0.4, 0.5) is 0 Å². The van der Waals surface area contributed by atoms with Gasteiger partial charge in [0, 0.05) is 15.4 Å². The molecule has 6 heteroatoms. The Bertz CT molecular complexity index is 710. The zero-order valence-corrected chi connectivity index (χ0v) is 10.6. The fourth-order valence-corrected chi connectivity index (χ4v) is 4.20. The topological polar surface area (TPSA) is 57.9 Å². The summed E-state index contributed by atoms with van der Waals surface area (Å²) < 4.78 is 23.5. The molecule has 82 valence electrons. The molecular formula is C10H6ClNO2S2. The van der Waals surface area contributed by atoms with Crippen molar-refractivity contribution in [2.75, 3.05) is 0 Å². The molecule has 0 bridgehead atoms. The molecule has 0 saturated carbocycles. The van der Waals surface area contributed by atoms with Crippen LogP contribution in [0.1, 0.15) is 11.1 Å². The number of hydrogen-bond acceptors (Lipinski definition) is 4. The first-order chi connectivity index (χ1) is 7.43. The Morgan fingerprint density at radius 3 is 2.69 bits per heavy atom. The van der Waals surface area contributed by atoms with Gasteiger partial charge in [-0.05, 0) is 36.1 Å². The zero-order valence-electron chi connectivity index (χ0n) is 8.19. The number of halogens is 1. The lowest BCUT2D eigenvalue weighted by Gasteiger charge is -1.93. The van der Waals surface area contributed by atoms with Crippen molar-refractivity contribution in [1.29, 1.82) is 5.26 Å². The molecule has 1 aromatic carbocycles. The van der Waals surface area contributed by atoms with Crippen LogP contribution in [0.15, 0.2) is 22.4 Å². The first kappa shape index (κ1) is 11.4. The zero-order chi connectivity index (χ0) is 11.9. The van der Waals surface area contributed by atoms with Crippen molar-refractivity contribution in [3.8, 4) is 6.07 Å². The third-order valence-electron chi connectivity index (χ3n) is 2.24. The first-order valence-electron chi connectivity index (χ1n) is 4.31. The molecule has 0 fully saturated rings. The summed E-state index contributed by atoms with van der Waals surface area (Å²) in [6, 6.07) is 7.08. The highest BCUT2D eigenvalue weighted by molar-refractivity contribution is 8.15. The minimum atomic E-state index is -3.71. The third kappa shape index (κ3) is 1.80. The molecule has 0 amide bonds. The predicted molar refractivity (Wildman–Crippen MR) is 64.3 cm³/mol. The second kappa shape index (κ2) is 3.74. The van der Waals surface area contributed by atoms with Gasteiger partial charge in [0.05, 0.1) is 11.6 Å². The van der Waals surface area contributed by atoms with Gasteiger partial charge in [0.2, 0.25) is 0 Å². The molecule has 2 rings (SSSR count). The Morgan fingerprint density at radius 1 is 1.44 bits per heavy atom. The lowest BCUT2D eigenvalue weighted by Crippen LogP contribution is -1.88. The largest absolute Gasteiger partial charge is 0.271 e. The van der Waals surface area contributed by atoms with E-state index in [1.165, 1.54) is 0 Å². The number of fused-ring (bicyclic) bond motifs is 1. The summed E-state index contributed by atoms with van der Waals surface area (Å²) in [7, 11) is 1.62. The third-order valence-corrected chi connectivity index (χ3v) is 5.71. The van der Waals surface area contributed by atoms with Gasteiger partial charge in [-0.3, -0.25) is 0 Å². The highest BCUT2D eigenvalue weighted by Gasteiger charge is 2.19. The summed E-state index contributed by atoms with van der Waals surface area (Å²) in [4.78, 5) is 0. The monoisotopic (exact) mass is 271 g/mol. The highest BCUT2D eigenvalue weighted by Crippen LogP contribution is 2.36. The van der Waals surface area contributed by atoms with E-state index in [1.807, 2.05) is 6.07 Å². The van der Waals surface area contributed by atoms with E-state index in [4.69, 9.17) is 15.9 Å². The number of hydrogen-bond donors (Lipinski definition) is 0.